The maximum absolute atomic E-state index is 12.2. The van der Waals surface area contributed by atoms with Crippen LogP contribution in [0.3, 0.4) is 0 Å². The van der Waals surface area contributed by atoms with Crippen LogP contribution in [0.1, 0.15) is 20.3 Å². The predicted octanol–water partition coefficient (Wildman–Crippen LogP) is 2.72. The van der Waals surface area contributed by atoms with E-state index in [-0.39, 0.29) is 19.6 Å². The molecule has 0 aliphatic rings. The topological polar surface area (TPSA) is 78.9 Å². The molecule has 0 radical (unpaired) electrons. The lowest BCUT2D eigenvalue weighted by molar-refractivity contribution is -0.157. The largest absolute Gasteiger partial charge is 0.466 e. The monoisotopic (exact) mass is 330 g/mol. The average Bonchev–Trinajstić information content (AvgIpc) is 2.38. The normalized spacial score (nSPS) is 12.8. The van der Waals surface area contributed by atoms with Crippen LogP contribution in [0.4, 0.5) is 0 Å². The summed E-state index contributed by atoms with van der Waals surface area (Å²) in [5, 5.41) is 0. The third-order valence-electron chi connectivity index (χ3n) is 1.91. The number of hydrogen-bond acceptors (Lipinski definition) is 8. The van der Waals surface area contributed by atoms with E-state index in [4.69, 9.17) is 14.0 Å². The van der Waals surface area contributed by atoms with Crippen LogP contribution < -0.4 is 0 Å². The van der Waals surface area contributed by atoms with Gasteiger partial charge in [-0.25, -0.2) is 4.79 Å². The van der Waals surface area contributed by atoms with Crippen LogP contribution in [0, 0.1) is 0 Å². The number of ether oxygens (including phenoxy) is 2. The van der Waals surface area contributed by atoms with Gasteiger partial charge in [0.25, 0.3) is 0 Å². The van der Waals surface area contributed by atoms with Gasteiger partial charge in [0.05, 0.1) is 19.6 Å². The molecule has 0 amide bonds. The summed E-state index contributed by atoms with van der Waals surface area (Å²) in [6.07, 6.45) is 1.72. The highest BCUT2D eigenvalue weighted by atomic mass is 33.1. The van der Waals surface area contributed by atoms with Gasteiger partial charge in [0.2, 0.25) is 0 Å². The number of carbonyl (C=O) groups excluding carboxylic acids is 2. The lowest BCUT2D eigenvalue weighted by Crippen LogP contribution is -2.28. The standard InChI is InChI=1S/C10H19O6PS2/c1-5-14-9(11)7-8(10(12)15-6-2)16-17(13,18-3)19-4/h8H,5-7H2,1-4H3/t8-/m0/s1. The van der Waals surface area contributed by atoms with Crippen molar-refractivity contribution < 1.29 is 28.2 Å². The van der Waals surface area contributed by atoms with E-state index < -0.39 is 23.8 Å². The second-order valence-electron chi connectivity index (χ2n) is 3.17. The van der Waals surface area contributed by atoms with E-state index in [1.54, 1.807) is 26.4 Å². The summed E-state index contributed by atoms with van der Waals surface area (Å²) in [5.74, 6) is -4.36. The zero-order valence-corrected chi connectivity index (χ0v) is 13.9. The highest BCUT2D eigenvalue weighted by Gasteiger charge is 2.33. The molecular formula is C10H19O6PS2. The maximum atomic E-state index is 12.2. The minimum Gasteiger partial charge on any atom is -0.466 e. The Morgan fingerprint density at radius 3 is 2.05 bits per heavy atom. The molecule has 1 atom stereocenters. The van der Waals surface area contributed by atoms with Gasteiger partial charge in [-0.05, 0) is 26.4 Å². The molecule has 0 aromatic rings. The second kappa shape index (κ2) is 9.69. The van der Waals surface area contributed by atoms with Gasteiger partial charge in [0, 0.05) is 0 Å². The summed E-state index contributed by atoms with van der Waals surface area (Å²) in [4.78, 5) is 23.1. The first-order chi connectivity index (χ1) is 8.92. The minimum absolute atomic E-state index is 0.157. The lowest BCUT2D eigenvalue weighted by atomic mass is 10.2. The molecule has 0 heterocycles. The van der Waals surface area contributed by atoms with E-state index in [0.29, 0.717) is 0 Å². The Kier molecular flexibility index (Phi) is 9.60. The first-order valence-electron chi connectivity index (χ1n) is 5.64. The molecule has 9 heteroatoms. The van der Waals surface area contributed by atoms with Crippen molar-refractivity contribution in [1.82, 2.24) is 0 Å². The van der Waals surface area contributed by atoms with E-state index in [2.05, 4.69) is 0 Å². The molecule has 0 unspecified atom stereocenters. The van der Waals surface area contributed by atoms with Gasteiger partial charge in [-0.1, -0.05) is 22.8 Å². The Balaban J connectivity index is 4.81. The molecule has 0 saturated heterocycles. The first-order valence-corrected chi connectivity index (χ1v) is 10.9. The van der Waals surface area contributed by atoms with Crippen LogP contribution >= 0.6 is 28.5 Å². The first kappa shape index (κ1) is 18.8. The lowest BCUT2D eigenvalue weighted by Gasteiger charge is -2.20. The molecule has 112 valence electrons. The van der Waals surface area contributed by atoms with E-state index in [0.717, 1.165) is 22.8 Å². The van der Waals surface area contributed by atoms with Crippen LogP contribution in [-0.2, 0) is 28.2 Å². The highest BCUT2D eigenvalue weighted by molar-refractivity contribution is 8.88. The van der Waals surface area contributed by atoms with Crippen molar-refractivity contribution in [2.75, 3.05) is 25.7 Å². The van der Waals surface area contributed by atoms with Crippen molar-refractivity contribution in [3.05, 3.63) is 0 Å². The van der Waals surface area contributed by atoms with Gasteiger partial charge in [0.15, 0.2) is 6.10 Å². The van der Waals surface area contributed by atoms with E-state index in [1.807, 2.05) is 0 Å². The van der Waals surface area contributed by atoms with Crippen LogP contribution in [0.2, 0.25) is 0 Å². The third-order valence-corrected chi connectivity index (χ3v) is 9.20. The van der Waals surface area contributed by atoms with Crippen molar-refractivity contribution in [2.45, 2.75) is 26.4 Å². The zero-order chi connectivity index (χ0) is 14.9. The number of rotatable bonds is 9. The van der Waals surface area contributed by atoms with Gasteiger partial charge >= 0.3 is 17.7 Å². The molecular weight excluding hydrogens is 311 g/mol. The molecule has 0 N–H and O–H groups in total. The molecule has 0 aromatic heterocycles. The van der Waals surface area contributed by atoms with Crippen LogP contribution in [-0.4, -0.2) is 43.8 Å². The Labute approximate surface area is 121 Å². The molecule has 0 bridgehead atoms. The fraction of sp³-hybridized carbons (Fsp3) is 0.800. The van der Waals surface area contributed by atoms with E-state index in [9.17, 15) is 14.2 Å². The zero-order valence-electron chi connectivity index (χ0n) is 11.4. The number of hydrogen-bond donors (Lipinski definition) is 0. The molecule has 0 aliphatic carbocycles. The fourth-order valence-electron chi connectivity index (χ4n) is 1.09. The molecule has 6 nitrogen and oxygen atoms in total. The molecule has 19 heavy (non-hydrogen) atoms. The summed E-state index contributed by atoms with van der Waals surface area (Å²) in [5.41, 5.74) is 0. The SMILES string of the molecule is CCOC(=O)C[C@H](OP(=O)(SC)SC)C(=O)OCC. The second-order valence-corrected chi connectivity index (χ2v) is 10.8. The Bertz CT molecular complexity index is 341. The predicted molar refractivity (Wildman–Crippen MR) is 77.4 cm³/mol. The van der Waals surface area contributed by atoms with Gasteiger partial charge in [-0.3, -0.25) is 13.9 Å². The summed E-state index contributed by atoms with van der Waals surface area (Å²) in [7, 11) is 0. The van der Waals surface area contributed by atoms with E-state index in [1.165, 1.54) is 0 Å². The molecule has 0 spiro atoms. The van der Waals surface area contributed by atoms with Crippen molar-refractivity contribution in [2.24, 2.45) is 0 Å². The van der Waals surface area contributed by atoms with Crippen LogP contribution in [0.5, 0.6) is 0 Å². The van der Waals surface area contributed by atoms with Gasteiger partial charge in [0.1, 0.15) is 0 Å². The number of esters is 2. The van der Waals surface area contributed by atoms with Gasteiger partial charge in [-0.2, -0.15) is 0 Å². The van der Waals surface area contributed by atoms with E-state index >= 15 is 0 Å². The van der Waals surface area contributed by atoms with Crippen LogP contribution in [0.25, 0.3) is 0 Å². The third kappa shape index (κ3) is 7.25. The Hall–Kier alpha value is -0.170. The van der Waals surface area contributed by atoms with Gasteiger partial charge in [-0.15, -0.1) is 0 Å². The van der Waals surface area contributed by atoms with Crippen LogP contribution in [0.15, 0.2) is 0 Å². The Morgan fingerprint density at radius 1 is 1.11 bits per heavy atom. The molecule has 0 fully saturated rings. The van der Waals surface area contributed by atoms with Crippen molar-refractivity contribution in [3.8, 4) is 0 Å². The minimum atomic E-state index is -3.07. The maximum Gasteiger partial charge on any atom is 0.336 e. The summed E-state index contributed by atoms with van der Waals surface area (Å²) in [6.45, 7) is 3.66. The molecule has 0 aromatic carbocycles. The van der Waals surface area contributed by atoms with Crippen molar-refractivity contribution >= 4 is 40.5 Å². The molecule has 0 aliphatic heterocycles. The summed E-state index contributed by atoms with van der Waals surface area (Å²) in [6, 6.07) is 0. The van der Waals surface area contributed by atoms with Crippen molar-refractivity contribution in [3.63, 3.8) is 0 Å². The summed E-state index contributed by atoms with van der Waals surface area (Å²) < 4.78 is 27.0. The molecule has 0 saturated carbocycles. The quantitative estimate of drug-likeness (QED) is 0.472. The highest BCUT2D eigenvalue weighted by Crippen LogP contribution is 2.68. The smallest absolute Gasteiger partial charge is 0.336 e. The fourth-order valence-corrected chi connectivity index (χ4v) is 4.81. The molecule has 0 rings (SSSR count). The van der Waals surface area contributed by atoms with Crippen molar-refractivity contribution in [1.29, 1.82) is 0 Å². The number of carbonyl (C=O) groups is 2. The Morgan fingerprint density at radius 2 is 1.63 bits per heavy atom. The van der Waals surface area contributed by atoms with Gasteiger partial charge < -0.3 is 9.47 Å². The summed E-state index contributed by atoms with van der Waals surface area (Å²) >= 11 is 2.03. The average molecular weight is 330 g/mol.